The van der Waals surface area contributed by atoms with Crippen molar-refractivity contribution in [3.05, 3.63) is 29.8 Å². The Balaban J connectivity index is 3.08. The van der Waals surface area contributed by atoms with Crippen LogP contribution in [0.25, 0.3) is 0 Å². The van der Waals surface area contributed by atoms with Gasteiger partial charge in [0.25, 0.3) is 6.20 Å². The molecular weight excluding hydrogens is 181 g/mol. The van der Waals surface area contributed by atoms with Gasteiger partial charge in [0.05, 0.1) is 5.92 Å². The lowest BCUT2D eigenvalue weighted by atomic mass is 9.80. The van der Waals surface area contributed by atoms with Crippen LogP contribution in [0.5, 0.6) is 0 Å². The Morgan fingerprint density at radius 1 is 1.36 bits per heavy atom. The van der Waals surface area contributed by atoms with Gasteiger partial charge < -0.3 is 0 Å². The van der Waals surface area contributed by atoms with Crippen LogP contribution < -0.4 is 4.73 Å². The van der Waals surface area contributed by atoms with Gasteiger partial charge in [-0.1, -0.05) is 27.7 Å². The minimum absolute atomic E-state index is 0.0440. The van der Waals surface area contributed by atoms with Crippen molar-refractivity contribution in [1.82, 2.24) is 0 Å². The summed E-state index contributed by atoms with van der Waals surface area (Å²) < 4.78 is 13.6. The molecular formula is C11H17FNO+. The molecule has 14 heavy (non-hydrogen) atoms. The fraction of sp³-hybridized carbons (Fsp3) is 0.545. The van der Waals surface area contributed by atoms with Crippen LogP contribution in [-0.4, -0.2) is 5.21 Å². The molecule has 1 aromatic rings. The summed E-state index contributed by atoms with van der Waals surface area (Å²) >= 11 is 0. The predicted molar refractivity (Wildman–Crippen MR) is 51.6 cm³/mol. The van der Waals surface area contributed by atoms with E-state index in [4.69, 9.17) is 0 Å². The van der Waals surface area contributed by atoms with Crippen LogP contribution in [-0.2, 0) is 0 Å². The standard InChI is InChI=1S/C11H17FNO/c1-8(11(2,3)4)10-6-5-9(12)7-13(10)14/h5-8,14H,1-4H3/q+1/t8-/m1/s1. The summed E-state index contributed by atoms with van der Waals surface area (Å²) in [7, 11) is 0. The Morgan fingerprint density at radius 3 is 2.36 bits per heavy atom. The van der Waals surface area contributed by atoms with Gasteiger partial charge in [0.2, 0.25) is 5.69 Å². The molecule has 0 saturated heterocycles. The molecule has 1 N–H and O–H groups in total. The van der Waals surface area contributed by atoms with E-state index in [2.05, 4.69) is 20.8 Å². The van der Waals surface area contributed by atoms with E-state index in [0.29, 0.717) is 0 Å². The van der Waals surface area contributed by atoms with E-state index in [9.17, 15) is 9.60 Å². The fourth-order valence-electron chi connectivity index (χ4n) is 1.26. The molecule has 1 atom stereocenters. The first-order valence-corrected chi connectivity index (χ1v) is 4.72. The van der Waals surface area contributed by atoms with E-state index in [1.54, 1.807) is 6.07 Å². The highest BCUT2D eigenvalue weighted by atomic mass is 19.1. The second-order valence-corrected chi connectivity index (χ2v) is 4.70. The number of hydrogen-bond acceptors (Lipinski definition) is 1. The molecule has 0 amide bonds. The van der Waals surface area contributed by atoms with Gasteiger partial charge >= 0.3 is 0 Å². The quantitative estimate of drug-likeness (QED) is 0.544. The van der Waals surface area contributed by atoms with Crippen molar-refractivity contribution in [3.8, 4) is 0 Å². The van der Waals surface area contributed by atoms with Crippen LogP contribution >= 0.6 is 0 Å². The van der Waals surface area contributed by atoms with Gasteiger partial charge in [0, 0.05) is 10.8 Å². The van der Waals surface area contributed by atoms with Gasteiger partial charge in [-0.05, 0) is 11.5 Å². The van der Waals surface area contributed by atoms with Crippen LogP contribution in [0.15, 0.2) is 18.3 Å². The van der Waals surface area contributed by atoms with Gasteiger partial charge in [-0.25, -0.2) is 4.39 Å². The molecule has 1 heterocycles. The van der Waals surface area contributed by atoms with E-state index in [-0.39, 0.29) is 11.3 Å². The van der Waals surface area contributed by atoms with Crippen LogP contribution in [0.2, 0.25) is 0 Å². The molecule has 0 aliphatic carbocycles. The summed E-state index contributed by atoms with van der Waals surface area (Å²) in [5.74, 6) is -0.273. The van der Waals surface area contributed by atoms with Crippen LogP contribution in [0.4, 0.5) is 4.39 Å². The minimum atomic E-state index is -0.433. The van der Waals surface area contributed by atoms with Gasteiger partial charge in [-0.2, -0.15) is 0 Å². The number of halogens is 1. The molecule has 1 aromatic heterocycles. The van der Waals surface area contributed by atoms with Crippen molar-refractivity contribution in [1.29, 1.82) is 0 Å². The molecule has 0 saturated carbocycles. The third kappa shape index (κ3) is 2.22. The zero-order valence-electron chi connectivity index (χ0n) is 9.08. The molecule has 3 heteroatoms. The molecule has 0 aromatic carbocycles. The Kier molecular flexibility index (Phi) is 2.79. The largest absolute Gasteiger partial charge is 0.285 e. The number of pyridine rings is 1. The summed E-state index contributed by atoms with van der Waals surface area (Å²) in [4.78, 5) is 0. The van der Waals surface area contributed by atoms with Crippen molar-refractivity contribution >= 4 is 0 Å². The SMILES string of the molecule is C[C@H](c1ccc(F)c[n+]1O)C(C)(C)C. The molecule has 0 fully saturated rings. The molecule has 78 valence electrons. The molecule has 1 rings (SSSR count). The van der Waals surface area contributed by atoms with Crippen molar-refractivity contribution in [2.75, 3.05) is 0 Å². The molecule has 0 bridgehead atoms. The van der Waals surface area contributed by atoms with Crippen molar-refractivity contribution in [2.45, 2.75) is 33.6 Å². The molecule has 0 unspecified atom stereocenters. The lowest BCUT2D eigenvalue weighted by molar-refractivity contribution is -0.911. The Hall–Kier alpha value is -1.12. The highest BCUT2D eigenvalue weighted by Gasteiger charge is 2.29. The van der Waals surface area contributed by atoms with Crippen molar-refractivity contribution < 1.29 is 14.3 Å². The van der Waals surface area contributed by atoms with Crippen LogP contribution in [0, 0.1) is 11.2 Å². The summed E-state index contributed by atoms with van der Waals surface area (Å²) in [5.41, 5.74) is 0.765. The van der Waals surface area contributed by atoms with Crippen molar-refractivity contribution in [2.24, 2.45) is 5.41 Å². The van der Waals surface area contributed by atoms with E-state index in [1.165, 1.54) is 6.07 Å². The smallest absolute Gasteiger partial charge is 0.258 e. The summed E-state index contributed by atoms with van der Waals surface area (Å²) in [6.45, 7) is 8.27. The Morgan fingerprint density at radius 2 is 1.93 bits per heavy atom. The summed E-state index contributed by atoms with van der Waals surface area (Å²) in [6.07, 6.45) is 1.08. The van der Waals surface area contributed by atoms with Gasteiger partial charge in [-0.3, -0.25) is 5.21 Å². The van der Waals surface area contributed by atoms with E-state index in [1.807, 2.05) is 6.92 Å². The summed E-state index contributed by atoms with van der Waals surface area (Å²) in [6, 6.07) is 2.98. The maximum absolute atomic E-state index is 12.7. The highest BCUT2D eigenvalue weighted by Crippen LogP contribution is 2.32. The first-order chi connectivity index (χ1) is 6.32. The maximum Gasteiger partial charge on any atom is 0.258 e. The average Bonchev–Trinajstić information content (AvgIpc) is 2.01. The first kappa shape index (κ1) is 11.0. The van der Waals surface area contributed by atoms with Crippen LogP contribution in [0.1, 0.15) is 39.3 Å². The monoisotopic (exact) mass is 198 g/mol. The average molecular weight is 198 g/mol. The lowest BCUT2D eigenvalue weighted by Gasteiger charge is -2.23. The maximum atomic E-state index is 12.7. The second-order valence-electron chi connectivity index (χ2n) is 4.70. The van der Waals surface area contributed by atoms with Crippen LogP contribution in [0.3, 0.4) is 0 Å². The molecule has 0 aliphatic heterocycles. The molecule has 2 nitrogen and oxygen atoms in total. The Labute approximate surface area is 84.0 Å². The predicted octanol–water partition coefficient (Wildman–Crippen LogP) is 2.50. The second kappa shape index (κ2) is 3.56. The van der Waals surface area contributed by atoms with E-state index < -0.39 is 5.82 Å². The number of nitrogens with zero attached hydrogens (tertiary/aromatic N) is 1. The number of aromatic nitrogens is 1. The van der Waals surface area contributed by atoms with E-state index in [0.717, 1.165) is 16.6 Å². The van der Waals surface area contributed by atoms with Crippen molar-refractivity contribution in [3.63, 3.8) is 0 Å². The number of rotatable bonds is 1. The van der Waals surface area contributed by atoms with E-state index >= 15 is 0 Å². The van der Waals surface area contributed by atoms with Gasteiger partial charge in [0.15, 0.2) is 5.82 Å². The first-order valence-electron chi connectivity index (χ1n) is 4.72. The lowest BCUT2D eigenvalue weighted by Crippen LogP contribution is -2.39. The van der Waals surface area contributed by atoms with Gasteiger partial charge in [0.1, 0.15) is 0 Å². The molecule has 0 radical (unpaired) electrons. The molecule has 0 spiro atoms. The fourth-order valence-corrected chi connectivity index (χ4v) is 1.26. The zero-order valence-corrected chi connectivity index (χ0v) is 9.08. The third-order valence-corrected chi connectivity index (χ3v) is 2.67. The minimum Gasteiger partial charge on any atom is -0.285 e. The third-order valence-electron chi connectivity index (χ3n) is 2.67. The zero-order chi connectivity index (χ0) is 10.9. The molecule has 0 aliphatic rings. The highest BCUT2D eigenvalue weighted by molar-refractivity contribution is 5.06. The van der Waals surface area contributed by atoms with Gasteiger partial charge in [-0.15, -0.1) is 0 Å². The Bertz CT molecular complexity index is 331. The normalized spacial score (nSPS) is 14.1. The number of hydrogen-bond donors (Lipinski definition) is 1. The summed E-state index contributed by atoms with van der Waals surface area (Å²) in [5, 5.41) is 9.50. The topological polar surface area (TPSA) is 24.1 Å².